The number of nitrogens with zero attached hydrogens (tertiary/aromatic N) is 1. The molecule has 0 bridgehead atoms. The van der Waals surface area contributed by atoms with Crippen molar-refractivity contribution in [3.05, 3.63) is 0 Å². The van der Waals surface area contributed by atoms with E-state index in [9.17, 15) is 10.4 Å². The lowest BCUT2D eigenvalue weighted by molar-refractivity contribution is -0.0798. The SMILES string of the molecule is CCC1CCC(C#N)(C2(O)CCOC2)CC1. The number of ether oxygens (including phenoxy) is 1. The highest BCUT2D eigenvalue weighted by Gasteiger charge is 2.54. The molecule has 0 aromatic carbocycles. The Kier molecular flexibility index (Phi) is 3.23. The molecular formula is C13H21NO2. The van der Waals surface area contributed by atoms with Gasteiger partial charge in [0, 0.05) is 13.0 Å². The van der Waals surface area contributed by atoms with Crippen LogP contribution in [-0.2, 0) is 4.74 Å². The summed E-state index contributed by atoms with van der Waals surface area (Å²) in [5.41, 5.74) is -1.43. The zero-order valence-corrected chi connectivity index (χ0v) is 10.0. The Labute approximate surface area is 97.4 Å². The third-order valence-electron chi connectivity index (χ3n) is 4.64. The van der Waals surface area contributed by atoms with Gasteiger partial charge >= 0.3 is 0 Å². The normalized spacial score (nSPS) is 44.2. The highest BCUT2D eigenvalue weighted by atomic mass is 16.5. The fourth-order valence-corrected chi connectivity index (χ4v) is 3.19. The third-order valence-corrected chi connectivity index (χ3v) is 4.64. The standard InChI is InChI=1S/C13H21NO2/c1-2-11-3-5-12(9-14,6-4-11)13(15)7-8-16-10-13/h11,15H,2-8,10H2,1H3. The molecule has 0 radical (unpaired) electrons. The van der Waals surface area contributed by atoms with Crippen LogP contribution in [0.1, 0.15) is 45.4 Å². The number of rotatable bonds is 2. The van der Waals surface area contributed by atoms with Gasteiger partial charge < -0.3 is 9.84 Å². The average Bonchev–Trinajstić information content (AvgIpc) is 2.78. The lowest BCUT2D eigenvalue weighted by Crippen LogP contribution is -2.50. The Morgan fingerprint density at radius 1 is 1.38 bits per heavy atom. The molecule has 0 aromatic rings. The number of nitriles is 1. The van der Waals surface area contributed by atoms with Crippen molar-refractivity contribution in [2.24, 2.45) is 11.3 Å². The van der Waals surface area contributed by atoms with Gasteiger partial charge in [0.15, 0.2) is 0 Å². The fourth-order valence-electron chi connectivity index (χ4n) is 3.19. The van der Waals surface area contributed by atoms with Gasteiger partial charge in [-0.2, -0.15) is 5.26 Å². The molecule has 2 aliphatic rings. The van der Waals surface area contributed by atoms with Crippen LogP contribution in [-0.4, -0.2) is 23.9 Å². The van der Waals surface area contributed by atoms with Crippen molar-refractivity contribution in [1.29, 1.82) is 5.26 Å². The van der Waals surface area contributed by atoms with Crippen molar-refractivity contribution in [1.82, 2.24) is 0 Å². The van der Waals surface area contributed by atoms with Gasteiger partial charge in [-0.15, -0.1) is 0 Å². The van der Waals surface area contributed by atoms with Gasteiger partial charge in [-0.3, -0.25) is 0 Å². The molecule has 1 aliphatic heterocycles. The van der Waals surface area contributed by atoms with Crippen LogP contribution in [0.25, 0.3) is 0 Å². The van der Waals surface area contributed by atoms with E-state index in [1.165, 1.54) is 6.42 Å². The lowest BCUT2D eigenvalue weighted by atomic mass is 9.61. The van der Waals surface area contributed by atoms with Crippen LogP contribution in [0.4, 0.5) is 0 Å². The van der Waals surface area contributed by atoms with Crippen molar-refractivity contribution in [3.63, 3.8) is 0 Å². The minimum Gasteiger partial charge on any atom is -0.386 e. The van der Waals surface area contributed by atoms with E-state index in [0.717, 1.165) is 31.6 Å². The Balaban J connectivity index is 2.13. The van der Waals surface area contributed by atoms with Gasteiger partial charge in [-0.25, -0.2) is 0 Å². The van der Waals surface area contributed by atoms with E-state index in [1.807, 2.05) is 0 Å². The summed E-state index contributed by atoms with van der Waals surface area (Å²) in [6.07, 6.45) is 5.64. The molecule has 2 fully saturated rings. The maximum absolute atomic E-state index is 10.6. The minimum absolute atomic E-state index is 0.345. The largest absolute Gasteiger partial charge is 0.386 e. The van der Waals surface area contributed by atoms with E-state index in [0.29, 0.717) is 19.6 Å². The molecular weight excluding hydrogens is 202 g/mol. The predicted octanol–water partition coefficient (Wildman–Crippen LogP) is 2.25. The van der Waals surface area contributed by atoms with E-state index in [-0.39, 0.29) is 0 Å². The van der Waals surface area contributed by atoms with Crippen molar-refractivity contribution in [3.8, 4) is 6.07 Å². The summed E-state index contributed by atoms with van der Waals surface area (Å²) in [6.45, 7) is 3.14. The molecule has 1 N–H and O–H groups in total. The Morgan fingerprint density at radius 3 is 2.50 bits per heavy atom. The number of hydrogen-bond acceptors (Lipinski definition) is 3. The van der Waals surface area contributed by atoms with E-state index in [1.54, 1.807) is 0 Å². The molecule has 3 nitrogen and oxygen atoms in total. The monoisotopic (exact) mass is 223 g/mol. The molecule has 3 heteroatoms. The third kappa shape index (κ3) is 1.74. The van der Waals surface area contributed by atoms with Gasteiger partial charge in [0.2, 0.25) is 0 Å². The summed E-state index contributed by atoms with van der Waals surface area (Å²) in [4.78, 5) is 0. The summed E-state index contributed by atoms with van der Waals surface area (Å²) < 4.78 is 5.29. The van der Waals surface area contributed by atoms with Gasteiger partial charge in [-0.1, -0.05) is 13.3 Å². The van der Waals surface area contributed by atoms with E-state index < -0.39 is 11.0 Å². The van der Waals surface area contributed by atoms with Crippen LogP contribution < -0.4 is 0 Å². The quantitative estimate of drug-likeness (QED) is 0.781. The first-order valence-corrected chi connectivity index (χ1v) is 6.37. The van der Waals surface area contributed by atoms with Crippen LogP contribution in [0.5, 0.6) is 0 Å². The van der Waals surface area contributed by atoms with Crippen molar-refractivity contribution < 1.29 is 9.84 Å². The Morgan fingerprint density at radius 2 is 2.06 bits per heavy atom. The van der Waals surface area contributed by atoms with Gasteiger partial charge in [0.05, 0.1) is 18.1 Å². The molecule has 1 atom stereocenters. The first kappa shape index (κ1) is 11.9. The molecule has 0 spiro atoms. The van der Waals surface area contributed by atoms with Crippen LogP contribution in [0.3, 0.4) is 0 Å². The number of aliphatic hydroxyl groups is 1. The van der Waals surface area contributed by atoms with Crippen molar-refractivity contribution in [2.75, 3.05) is 13.2 Å². The highest BCUT2D eigenvalue weighted by molar-refractivity contribution is 5.14. The predicted molar refractivity (Wildman–Crippen MR) is 60.7 cm³/mol. The first-order chi connectivity index (χ1) is 7.66. The maximum atomic E-state index is 10.6. The lowest BCUT2D eigenvalue weighted by Gasteiger charge is -2.43. The average molecular weight is 223 g/mol. The molecule has 0 aromatic heterocycles. The summed E-state index contributed by atoms with van der Waals surface area (Å²) in [7, 11) is 0. The van der Waals surface area contributed by atoms with E-state index in [2.05, 4.69) is 13.0 Å². The van der Waals surface area contributed by atoms with Crippen LogP contribution in [0.2, 0.25) is 0 Å². The summed E-state index contributed by atoms with van der Waals surface area (Å²) in [5.74, 6) is 0.743. The van der Waals surface area contributed by atoms with Crippen LogP contribution in [0.15, 0.2) is 0 Å². The molecule has 1 saturated carbocycles. The van der Waals surface area contributed by atoms with Crippen molar-refractivity contribution >= 4 is 0 Å². The van der Waals surface area contributed by atoms with Gasteiger partial charge in [0.1, 0.15) is 5.60 Å². The summed E-state index contributed by atoms with van der Waals surface area (Å²) >= 11 is 0. The van der Waals surface area contributed by atoms with E-state index in [4.69, 9.17) is 4.74 Å². The van der Waals surface area contributed by atoms with Crippen LogP contribution in [0, 0.1) is 22.7 Å². The second-order valence-electron chi connectivity index (χ2n) is 5.38. The molecule has 1 heterocycles. The first-order valence-electron chi connectivity index (χ1n) is 6.37. The van der Waals surface area contributed by atoms with Crippen molar-refractivity contribution in [2.45, 2.75) is 51.0 Å². The zero-order chi connectivity index (χ0) is 11.6. The fraction of sp³-hybridized carbons (Fsp3) is 0.923. The second-order valence-corrected chi connectivity index (χ2v) is 5.38. The molecule has 1 unspecified atom stereocenters. The van der Waals surface area contributed by atoms with Gasteiger partial charge in [-0.05, 0) is 31.6 Å². The molecule has 90 valence electrons. The molecule has 1 aliphatic carbocycles. The summed E-state index contributed by atoms with van der Waals surface area (Å²) in [5, 5.41) is 20.0. The molecule has 0 amide bonds. The van der Waals surface area contributed by atoms with Gasteiger partial charge in [0.25, 0.3) is 0 Å². The number of hydrogen-bond donors (Lipinski definition) is 1. The smallest absolute Gasteiger partial charge is 0.109 e. The zero-order valence-electron chi connectivity index (χ0n) is 10.0. The molecule has 16 heavy (non-hydrogen) atoms. The Bertz CT molecular complexity index is 281. The minimum atomic E-state index is -0.888. The topological polar surface area (TPSA) is 53.2 Å². The molecule has 2 rings (SSSR count). The molecule has 1 saturated heterocycles. The Hall–Kier alpha value is -0.590. The maximum Gasteiger partial charge on any atom is 0.109 e. The second kappa shape index (κ2) is 4.35. The summed E-state index contributed by atoms with van der Waals surface area (Å²) in [6, 6.07) is 2.41. The highest BCUT2D eigenvalue weighted by Crippen LogP contribution is 2.49. The van der Waals surface area contributed by atoms with Crippen LogP contribution >= 0.6 is 0 Å². The van der Waals surface area contributed by atoms with E-state index >= 15 is 0 Å².